The number of hydrogen-bond acceptors (Lipinski definition) is 14. The fourth-order valence-corrected chi connectivity index (χ4v) is 6.34. The Labute approximate surface area is 312 Å². The number of aliphatic hydroxyl groups excluding tert-OH is 2. The molecule has 6 N–H and O–H groups in total. The summed E-state index contributed by atoms with van der Waals surface area (Å²) in [6.07, 6.45) is 4.26. The van der Waals surface area contributed by atoms with Crippen LogP contribution in [0.25, 0.3) is 22.3 Å². The molecule has 4 heterocycles. The highest BCUT2D eigenvalue weighted by Gasteiger charge is 2.16. The van der Waals surface area contributed by atoms with E-state index >= 15 is 0 Å². The first-order valence-corrected chi connectivity index (χ1v) is 18.4. The fraction of sp³-hybridized carbons (Fsp3) is 0.294. The van der Waals surface area contributed by atoms with Crippen molar-refractivity contribution < 1.29 is 27.8 Å². The molecule has 0 amide bonds. The minimum atomic E-state index is -0.919. The summed E-state index contributed by atoms with van der Waals surface area (Å²) in [6.45, 7) is 2.44. The van der Waals surface area contributed by atoms with Crippen LogP contribution in [0.2, 0.25) is 0 Å². The Hall–Kier alpha value is -5.18. The number of nitrogens with one attached hydrogen (secondary N) is 4. The Balaban J connectivity index is 0.000000208. The number of fused-ring (bicyclic) bond motifs is 2. The van der Waals surface area contributed by atoms with Gasteiger partial charge in [0.05, 0.1) is 25.0 Å². The Morgan fingerprint density at radius 1 is 0.741 bits per heavy atom. The van der Waals surface area contributed by atoms with Crippen LogP contribution in [0.3, 0.4) is 0 Å². The molecule has 2 aromatic carbocycles. The minimum Gasteiger partial charge on any atom is -0.396 e. The van der Waals surface area contributed by atoms with Gasteiger partial charge in [-0.1, -0.05) is 54.7 Å². The first-order valence-electron chi connectivity index (χ1n) is 16.5. The smallest absolute Gasteiger partial charge is 0.268 e. The molecule has 1 unspecified atom stereocenters. The van der Waals surface area contributed by atoms with Gasteiger partial charge in [-0.05, 0) is 31.4 Å². The molecule has 0 bridgehead atoms. The van der Waals surface area contributed by atoms with Gasteiger partial charge >= 0.3 is 0 Å². The van der Waals surface area contributed by atoms with Crippen LogP contribution in [0.15, 0.2) is 68.7 Å². The predicted molar refractivity (Wildman–Crippen MR) is 197 cm³/mol. The van der Waals surface area contributed by atoms with Gasteiger partial charge in [-0.25, -0.2) is 47.5 Å². The lowest BCUT2D eigenvalue weighted by Crippen LogP contribution is -2.24. The monoisotopic (exact) mass is 786 g/mol. The van der Waals surface area contributed by atoms with Crippen molar-refractivity contribution in [2.24, 2.45) is 0 Å². The second-order valence-corrected chi connectivity index (χ2v) is 13.3. The third-order valence-electron chi connectivity index (χ3n) is 7.54. The summed E-state index contributed by atoms with van der Waals surface area (Å²) in [5.41, 5.74) is 0.774. The number of rotatable bonds is 15. The molecule has 0 spiro atoms. The summed E-state index contributed by atoms with van der Waals surface area (Å²) < 4.78 is 54.3. The van der Waals surface area contributed by atoms with E-state index in [-0.39, 0.29) is 58.3 Å². The first-order chi connectivity index (χ1) is 26.1. The molecule has 0 saturated heterocycles. The van der Waals surface area contributed by atoms with E-state index in [0.29, 0.717) is 47.2 Å². The van der Waals surface area contributed by atoms with E-state index in [1.165, 1.54) is 24.3 Å². The van der Waals surface area contributed by atoms with Crippen molar-refractivity contribution in [2.45, 2.75) is 54.0 Å². The summed E-state index contributed by atoms with van der Waals surface area (Å²) in [4.78, 5) is 53.6. The minimum absolute atomic E-state index is 0.0953. The number of halogens is 4. The molecule has 54 heavy (non-hydrogen) atoms. The maximum absolute atomic E-state index is 13.8. The van der Waals surface area contributed by atoms with Crippen molar-refractivity contribution in [3.05, 3.63) is 104 Å². The molecule has 0 aliphatic rings. The number of unbranched alkanes of at least 4 members (excludes halogenated alkanes) is 1. The summed E-state index contributed by atoms with van der Waals surface area (Å²) in [6, 6.07) is 7.69. The second-order valence-electron chi connectivity index (χ2n) is 11.4. The standard InChI is InChI=1S/2C17H17F2N5O2S/c1-2-10(7-25)21-15-14-16(22-12(26)6-20-14)24-17(23-15)27-8-9-4-3-5-11(18)13(9)19;18-11-5-3-4-10(13(11)19)9-27-17-23-15(20-6-1-2-7-25)14-16(24-17)22-12(26)8-21-14/h3-6,10,25H,2,7-8H2,1H3,(H2,21,22,23,24,26);3-5,8,25H,1-2,6-7,9H2,(H2,20,22,23,24,26). The molecular weight excluding hydrogens is 753 g/mol. The van der Waals surface area contributed by atoms with Crippen LogP contribution in [0, 0.1) is 23.3 Å². The molecule has 0 radical (unpaired) electrons. The number of aromatic nitrogens is 8. The van der Waals surface area contributed by atoms with Crippen molar-refractivity contribution in [3.8, 4) is 0 Å². The van der Waals surface area contributed by atoms with Crippen molar-refractivity contribution in [2.75, 3.05) is 30.4 Å². The largest absolute Gasteiger partial charge is 0.396 e. The van der Waals surface area contributed by atoms with E-state index in [9.17, 15) is 32.3 Å². The summed E-state index contributed by atoms with van der Waals surface area (Å²) in [5.74, 6) is -2.63. The van der Waals surface area contributed by atoms with Crippen LogP contribution in [-0.4, -0.2) is 75.9 Å². The molecule has 6 rings (SSSR count). The van der Waals surface area contributed by atoms with Crippen LogP contribution in [0.1, 0.15) is 37.3 Å². The average molecular weight is 787 g/mol. The lowest BCUT2D eigenvalue weighted by Gasteiger charge is -2.16. The van der Waals surface area contributed by atoms with Gasteiger partial charge in [-0.2, -0.15) is 0 Å². The number of aromatic amines is 2. The lowest BCUT2D eigenvalue weighted by molar-refractivity contribution is 0.271. The number of thioether (sulfide) groups is 2. The van der Waals surface area contributed by atoms with Gasteiger partial charge in [0.25, 0.3) is 11.1 Å². The highest BCUT2D eigenvalue weighted by molar-refractivity contribution is 7.98. The molecule has 284 valence electrons. The predicted octanol–water partition coefficient (Wildman–Crippen LogP) is 4.93. The zero-order chi connectivity index (χ0) is 38.6. The maximum Gasteiger partial charge on any atom is 0.268 e. The van der Waals surface area contributed by atoms with Crippen LogP contribution in [0.4, 0.5) is 29.2 Å². The number of aliphatic hydroxyl groups is 2. The number of anilines is 2. The van der Waals surface area contributed by atoms with Crippen LogP contribution < -0.4 is 21.8 Å². The van der Waals surface area contributed by atoms with Crippen molar-refractivity contribution in [1.29, 1.82) is 0 Å². The Kier molecular flexibility index (Phi) is 14.3. The van der Waals surface area contributed by atoms with Crippen LogP contribution >= 0.6 is 23.5 Å². The molecule has 6 aromatic rings. The average Bonchev–Trinajstić information content (AvgIpc) is 3.16. The van der Waals surface area contributed by atoms with Crippen molar-refractivity contribution in [3.63, 3.8) is 0 Å². The quantitative estimate of drug-likeness (QED) is 0.0353. The van der Waals surface area contributed by atoms with Crippen LogP contribution in [-0.2, 0) is 11.5 Å². The van der Waals surface area contributed by atoms with Gasteiger partial charge < -0.3 is 30.8 Å². The first kappa shape index (κ1) is 40.0. The summed E-state index contributed by atoms with van der Waals surface area (Å²) in [5, 5.41) is 25.0. The molecule has 20 heteroatoms. The van der Waals surface area contributed by atoms with E-state index in [4.69, 9.17) is 5.11 Å². The van der Waals surface area contributed by atoms with Crippen molar-refractivity contribution in [1.82, 2.24) is 39.9 Å². The van der Waals surface area contributed by atoms with Gasteiger partial charge in [0.2, 0.25) is 0 Å². The molecule has 0 fully saturated rings. The molecule has 4 aromatic heterocycles. The van der Waals surface area contributed by atoms with Gasteiger partial charge in [-0.3, -0.25) is 9.59 Å². The highest BCUT2D eigenvalue weighted by Crippen LogP contribution is 2.27. The topological polar surface area (TPSA) is 208 Å². The number of H-pyrrole nitrogens is 2. The molecule has 14 nitrogen and oxygen atoms in total. The Bertz CT molecular complexity index is 2330. The van der Waals surface area contributed by atoms with Gasteiger partial charge in [0.1, 0.15) is 11.0 Å². The van der Waals surface area contributed by atoms with E-state index < -0.39 is 34.4 Å². The van der Waals surface area contributed by atoms with E-state index in [1.54, 1.807) is 0 Å². The molecular formula is C34H34F4N10O4S2. The number of benzene rings is 2. The maximum atomic E-state index is 13.8. The normalized spacial score (nSPS) is 11.7. The molecule has 1 atom stereocenters. The Morgan fingerprint density at radius 3 is 1.76 bits per heavy atom. The number of hydrogen-bond donors (Lipinski definition) is 6. The number of nitrogens with zero attached hydrogens (tertiary/aromatic N) is 6. The second kappa shape index (κ2) is 19.2. The van der Waals surface area contributed by atoms with E-state index in [2.05, 4.69) is 50.5 Å². The van der Waals surface area contributed by atoms with E-state index in [0.717, 1.165) is 54.5 Å². The lowest BCUT2D eigenvalue weighted by atomic mass is 10.2. The fourth-order valence-electron chi connectivity index (χ4n) is 4.70. The van der Waals surface area contributed by atoms with Crippen LogP contribution in [0.5, 0.6) is 0 Å². The van der Waals surface area contributed by atoms with Gasteiger partial charge in [0, 0.05) is 35.8 Å². The molecule has 0 saturated carbocycles. The SMILES string of the molecule is CCC(CO)Nc1nc(SCc2cccc(F)c2F)nc2[nH]c(=O)cnc12.O=c1cnc2c(NCCCCO)nc(SCc3cccc(F)c3F)nc2[nH]1. The summed E-state index contributed by atoms with van der Waals surface area (Å²) >= 11 is 2.21. The van der Waals surface area contributed by atoms with E-state index in [1.807, 2.05) is 6.92 Å². The van der Waals surface area contributed by atoms with Gasteiger partial charge in [0.15, 0.2) is 56.5 Å². The third kappa shape index (κ3) is 10.5. The molecule has 0 aliphatic heterocycles. The van der Waals surface area contributed by atoms with Crippen molar-refractivity contribution >= 4 is 57.5 Å². The third-order valence-corrected chi connectivity index (χ3v) is 9.33. The molecule has 0 aliphatic carbocycles. The highest BCUT2D eigenvalue weighted by atomic mass is 32.2. The van der Waals surface area contributed by atoms with Gasteiger partial charge in [-0.15, -0.1) is 0 Å². The zero-order valence-corrected chi connectivity index (χ0v) is 30.2. The zero-order valence-electron chi connectivity index (χ0n) is 28.6. The Morgan fingerprint density at radius 2 is 1.26 bits per heavy atom. The summed E-state index contributed by atoms with van der Waals surface area (Å²) in [7, 11) is 0.